The van der Waals surface area contributed by atoms with Crippen molar-refractivity contribution in [3.8, 4) is 0 Å². The van der Waals surface area contributed by atoms with Gasteiger partial charge in [0.1, 0.15) is 0 Å². The van der Waals surface area contributed by atoms with Crippen molar-refractivity contribution in [2.75, 3.05) is 0 Å². The van der Waals surface area contributed by atoms with Gasteiger partial charge >= 0.3 is 0 Å². The van der Waals surface area contributed by atoms with Gasteiger partial charge in [0.05, 0.1) is 5.54 Å². The van der Waals surface area contributed by atoms with Crippen LogP contribution in [0.2, 0.25) is 0 Å². The lowest BCUT2D eigenvalue weighted by molar-refractivity contribution is 0.514. The van der Waals surface area contributed by atoms with Crippen LogP contribution < -0.4 is 0 Å². The standard InChI is InChI=1S/C12H25N/c1-9(2)10(11(3,4)5)13-12(6,7)8/h9H,1-8H3. The molecule has 0 aromatic rings. The number of hydrogen-bond donors (Lipinski definition) is 0. The van der Waals surface area contributed by atoms with Crippen LogP contribution in [-0.4, -0.2) is 11.3 Å². The molecule has 0 atom stereocenters. The molecule has 0 aliphatic carbocycles. The normalized spacial score (nSPS) is 15.3. The number of nitrogens with zero attached hydrogens (tertiary/aromatic N) is 1. The van der Waals surface area contributed by atoms with Gasteiger partial charge in [-0.1, -0.05) is 34.6 Å². The molecule has 0 heterocycles. The highest BCUT2D eigenvalue weighted by molar-refractivity contribution is 5.91. The molecule has 0 spiro atoms. The largest absolute Gasteiger partial charge is 0.288 e. The molecule has 1 nitrogen and oxygen atoms in total. The van der Waals surface area contributed by atoms with Crippen molar-refractivity contribution in [2.45, 2.75) is 60.9 Å². The zero-order chi connectivity index (χ0) is 10.9. The molecule has 0 aromatic carbocycles. The molecule has 0 radical (unpaired) electrons. The third kappa shape index (κ3) is 5.07. The van der Waals surface area contributed by atoms with E-state index in [9.17, 15) is 0 Å². The fraction of sp³-hybridized carbons (Fsp3) is 0.917. The maximum absolute atomic E-state index is 4.80. The Labute approximate surface area is 83.6 Å². The van der Waals surface area contributed by atoms with E-state index in [1.54, 1.807) is 0 Å². The zero-order valence-electron chi connectivity index (χ0n) is 10.5. The number of aliphatic imine (C=N–C) groups is 1. The molecule has 0 aliphatic heterocycles. The molecular weight excluding hydrogens is 158 g/mol. The average Bonchev–Trinajstić information content (AvgIpc) is 1.77. The van der Waals surface area contributed by atoms with Crippen LogP contribution in [-0.2, 0) is 0 Å². The fourth-order valence-corrected chi connectivity index (χ4v) is 1.52. The summed E-state index contributed by atoms with van der Waals surface area (Å²) in [5, 5.41) is 0. The second-order valence-electron chi connectivity index (χ2n) is 6.07. The van der Waals surface area contributed by atoms with E-state index in [1.165, 1.54) is 5.71 Å². The van der Waals surface area contributed by atoms with Crippen LogP contribution in [0.1, 0.15) is 55.4 Å². The van der Waals surface area contributed by atoms with Crippen LogP contribution in [0, 0.1) is 11.3 Å². The summed E-state index contributed by atoms with van der Waals surface area (Å²) >= 11 is 0. The molecule has 0 N–H and O–H groups in total. The van der Waals surface area contributed by atoms with Gasteiger partial charge in [0.25, 0.3) is 0 Å². The smallest absolute Gasteiger partial charge is 0.0523 e. The maximum atomic E-state index is 4.80. The molecule has 0 rings (SSSR count). The lowest BCUT2D eigenvalue weighted by Crippen LogP contribution is -2.29. The van der Waals surface area contributed by atoms with E-state index >= 15 is 0 Å². The zero-order valence-corrected chi connectivity index (χ0v) is 10.5. The summed E-state index contributed by atoms with van der Waals surface area (Å²) in [6.07, 6.45) is 0. The highest BCUT2D eigenvalue weighted by atomic mass is 14.9. The van der Waals surface area contributed by atoms with Gasteiger partial charge in [0.15, 0.2) is 0 Å². The monoisotopic (exact) mass is 183 g/mol. The minimum atomic E-state index is 0.0485. The Balaban J connectivity index is 4.95. The van der Waals surface area contributed by atoms with Gasteiger partial charge in [-0.2, -0.15) is 0 Å². The Kier molecular flexibility index (Phi) is 3.71. The van der Waals surface area contributed by atoms with Crippen LogP contribution >= 0.6 is 0 Å². The van der Waals surface area contributed by atoms with Gasteiger partial charge in [0, 0.05) is 11.1 Å². The molecule has 0 saturated heterocycles. The van der Waals surface area contributed by atoms with E-state index < -0.39 is 0 Å². The van der Waals surface area contributed by atoms with Gasteiger partial charge in [0.2, 0.25) is 0 Å². The van der Waals surface area contributed by atoms with Crippen molar-refractivity contribution >= 4 is 5.71 Å². The molecule has 0 saturated carbocycles. The summed E-state index contributed by atoms with van der Waals surface area (Å²) in [7, 11) is 0. The summed E-state index contributed by atoms with van der Waals surface area (Å²) < 4.78 is 0. The lowest BCUT2D eigenvalue weighted by atomic mass is 9.83. The van der Waals surface area contributed by atoms with Crippen molar-refractivity contribution in [2.24, 2.45) is 16.3 Å². The van der Waals surface area contributed by atoms with E-state index in [0.29, 0.717) is 5.92 Å². The summed E-state index contributed by atoms with van der Waals surface area (Å²) in [4.78, 5) is 4.80. The molecule has 0 bridgehead atoms. The van der Waals surface area contributed by atoms with E-state index in [1.807, 2.05) is 0 Å². The van der Waals surface area contributed by atoms with Crippen LogP contribution in [0.25, 0.3) is 0 Å². The Hall–Kier alpha value is -0.330. The Morgan fingerprint density at radius 1 is 0.923 bits per heavy atom. The molecule has 78 valence electrons. The number of rotatable bonds is 1. The average molecular weight is 183 g/mol. The van der Waals surface area contributed by atoms with Gasteiger partial charge in [-0.25, -0.2) is 0 Å². The highest BCUT2D eigenvalue weighted by Gasteiger charge is 2.23. The molecular formula is C12H25N. The van der Waals surface area contributed by atoms with E-state index in [0.717, 1.165) is 0 Å². The Morgan fingerprint density at radius 3 is 1.38 bits per heavy atom. The molecule has 1 heteroatoms. The molecule has 13 heavy (non-hydrogen) atoms. The van der Waals surface area contributed by atoms with Crippen LogP contribution in [0.15, 0.2) is 4.99 Å². The lowest BCUT2D eigenvalue weighted by Gasteiger charge is -2.28. The van der Waals surface area contributed by atoms with Gasteiger partial charge in [-0.15, -0.1) is 0 Å². The predicted molar refractivity (Wildman–Crippen MR) is 61.5 cm³/mol. The minimum Gasteiger partial charge on any atom is -0.288 e. The summed E-state index contributed by atoms with van der Waals surface area (Å²) in [6, 6.07) is 0. The second kappa shape index (κ2) is 3.81. The second-order valence-corrected chi connectivity index (χ2v) is 6.07. The topological polar surface area (TPSA) is 12.4 Å². The third-order valence-electron chi connectivity index (χ3n) is 1.77. The quantitative estimate of drug-likeness (QED) is 0.546. The van der Waals surface area contributed by atoms with Crippen LogP contribution in [0.5, 0.6) is 0 Å². The number of hydrogen-bond acceptors (Lipinski definition) is 1. The molecule has 0 aromatic heterocycles. The highest BCUT2D eigenvalue weighted by Crippen LogP contribution is 2.24. The Morgan fingerprint density at radius 2 is 1.31 bits per heavy atom. The first-order valence-corrected chi connectivity index (χ1v) is 5.14. The van der Waals surface area contributed by atoms with Gasteiger partial charge < -0.3 is 0 Å². The maximum Gasteiger partial charge on any atom is 0.0523 e. The summed E-state index contributed by atoms with van der Waals surface area (Å²) in [5.74, 6) is 0.541. The van der Waals surface area contributed by atoms with Crippen molar-refractivity contribution in [3.05, 3.63) is 0 Å². The molecule has 0 amide bonds. The molecule has 0 aliphatic rings. The first-order valence-electron chi connectivity index (χ1n) is 5.14. The Bertz CT molecular complexity index is 186. The predicted octanol–water partition coefficient (Wildman–Crippen LogP) is 3.93. The summed E-state index contributed by atoms with van der Waals surface area (Å²) in [5.41, 5.74) is 1.56. The van der Waals surface area contributed by atoms with E-state index in [-0.39, 0.29) is 11.0 Å². The molecule has 0 fully saturated rings. The van der Waals surface area contributed by atoms with Crippen molar-refractivity contribution in [1.82, 2.24) is 0 Å². The van der Waals surface area contributed by atoms with Gasteiger partial charge in [-0.3, -0.25) is 4.99 Å². The fourth-order valence-electron chi connectivity index (χ4n) is 1.52. The minimum absolute atomic E-state index is 0.0485. The van der Waals surface area contributed by atoms with Crippen LogP contribution in [0.4, 0.5) is 0 Å². The first-order chi connectivity index (χ1) is 5.54. The van der Waals surface area contributed by atoms with Crippen molar-refractivity contribution < 1.29 is 0 Å². The first kappa shape index (κ1) is 12.7. The van der Waals surface area contributed by atoms with Crippen molar-refractivity contribution in [3.63, 3.8) is 0 Å². The third-order valence-corrected chi connectivity index (χ3v) is 1.77. The van der Waals surface area contributed by atoms with E-state index in [2.05, 4.69) is 55.4 Å². The SMILES string of the molecule is CC(C)C(=NC(C)(C)C)C(C)(C)C. The van der Waals surface area contributed by atoms with Crippen molar-refractivity contribution in [1.29, 1.82) is 0 Å². The van der Waals surface area contributed by atoms with Crippen LogP contribution in [0.3, 0.4) is 0 Å². The van der Waals surface area contributed by atoms with E-state index in [4.69, 9.17) is 4.99 Å². The summed E-state index contributed by atoms with van der Waals surface area (Å²) in [6.45, 7) is 17.6. The van der Waals surface area contributed by atoms with Gasteiger partial charge in [-0.05, 0) is 26.7 Å². The molecule has 0 unspecified atom stereocenters.